The van der Waals surface area contributed by atoms with Gasteiger partial charge in [0.1, 0.15) is 18.1 Å². The fourth-order valence-electron chi connectivity index (χ4n) is 3.72. The summed E-state index contributed by atoms with van der Waals surface area (Å²) < 4.78 is 0. The zero-order valence-corrected chi connectivity index (χ0v) is 21.8. The number of carboxylic acids is 1. The standard InChI is InChI=1S/C24H43N7O5/c1-14(2)9-17(26)21(32)30-19(10-15(3)4)22(33)31-20(11-16-12-27-13-28-16)23(34)29-18(24(35)36)7-5-6-8-25/h12-15,17-20H,5-11,25-26H2,1-4H3,(H,27,28)(H,29,34)(H,30,32)(H,31,33)(H,35,36). The van der Waals surface area contributed by atoms with E-state index in [1.807, 2.05) is 27.7 Å². The van der Waals surface area contributed by atoms with E-state index in [0.717, 1.165) is 0 Å². The first-order valence-corrected chi connectivity index (χ1v) is 12.5. The maximum Gasteiger partial charge on any atom is 0.326 e. The lowest BCUT2D eigenvalue weighted by atomic mass is 10.00. The molecule has 0 saturated carbocycles. The Morgan fingerprint density at radius 2 is 1.50 bits per heavy atom. The fourth-order valence-corrected chi connectivity index (χ4v) is 3.72. The van der Waals surface area contributed by atoms with E-state index in [-0.39, 0.29) is 24.7 Å². The summed E-state index contributed by atoms with van der Waals surface area (Å²) in [5, 5.41) is 17.5. The van der Waals surface area contributed by atoms with Gasteiger partial charge in [0.2, 0.25) is 17.7 Å². The summed E-state index contributed by atoms with van der Waals surface area (Å²) in [5.74, 6) is -2.53. The summed E-state index contributed by atoms with van der Waals surface area (Å²) in [6, 6.07) is -3.88. The normalized spacial score (nSPS) is 14.7. The summed E-state index contributed by atoms with van der Waals surface area (Å²) in [4.78, 5) is 57.4. The predicted molar refractivity (Wildman–Crippen MR) is 136 cm³/mol. The second kappa shape index (κ2) is 15.9. The molecule has 0 spiro atoms. The van der Waals surface area contributed by atoms with Crippen LogP contribution in [0.25, 0.3) is 0 Å². The van der Waals surface area contributed by atoms with E-state index in [1.54, 1.807) is 0 Å². The van der Waals surface area contributed by atoms with Crippen molar-refractivity contribution in [3.8, 4) is 0 Å². The van der Waals surface area contributed by atoms with Gasteiger partial charge in [0, 0.05) is 18.3 Å². The van der Waals surface area contributed by atoms with Gasteiger partial charge in [0.05, 0.1) is 12.4 Å². The average Bonchev–Trinajstić information content (AvgIpc) is 3.29. The Bertz CT molecular complexity index is 829. The van der Waals surface area contributed by atoms with Crippen molar-refractivity contribution in [3.05, 3.63) is 18.2 Å². The molecule has 1 aromatic heterocycles. The average molecular weight is 510 g/mol. The largest absolute Gasteiger partial charge is 0.480 e. The molecular weight excluding hydrogens is 466 g/mol. The molecule has 0 aromatic carbocycles. The number of nitrogens with one attached hydrogen (secondary N) is 4. The summed E-state index contributed by atoms with van der Waals surface area (Å²) >= 11 is 0. The number of nitrogens with two attached hydrogens (primary N) is 2. The van der Waals surface area contributed by atoms with E-state index in [0.29, 0.717) is 37.9 Å². The molecule has 1 heterocycles. The number of rotatable bonds is 17. The molecule has 3 amide bonds. The van der Waals surface area contributed by atoms with Crippen LogP contribution in [-0.4, -0.2) is 69.5 Å². The molecule has 1 rings (SSSR count). The molecule has 0 aliphatic carbocycles. The number of amides is 3. The fraction of sp³-hybridized carbons (Fsp3) is 0.708. The first-order valence-electron chi connectivity index (χ1n) is 12.5. The molecule has 0 aliphatic rings. The summed E-state index contributed by atoms with van der Waals surface area (Å²) in [5.41, 5.74) is 12.0. The van der Waals surface area contributed by atoms with Crippen molar-refractivity contribution in [2.24, 2.45) is 23.3 Å². The van der Waals surface area contributed by atoms with Crippen molar-refractivity contribution in [1.82, 2.24) is 25.9 Å². The van der Waals surface area contributed by atoms with E-state index in [4.69, 9.17) is 11.5 Å². The summed E-state index contributed by atoms with van der Waals surface area (Å²) in [6.45, 7) is 8.14. The minimum absolute atomic E-state index is 0.0575. The summed E-state index contributed by atoms with van der Waals surface area (Å²) in [7, 11) is 0. The number of nitrogens with zero attached hydrogens (tertiary/aromatic N) is 1. The van der Waals surface area contributed by atoms with Crippen molar-refractivity contribution in [3.63, 3.8) is 0 Å². The maximum absolute atomic E-state index is 13.2. The van der Waals surface area contributed by atoms with Gasteiger partial charge in [0.25, 0.3) is 0 Å². The number of unbranched alkanes of at least 4 members (excludes halogenated alkanes) is 1. The highest BCUT2D eigenvalue weighted by Crippen LogP contribution is 2.09. The van der Waals surface area contributed by atoms with Crippen LogP contribution >= 0.6 is 0 Å². The number of carbonyl (C=O) groups excluding carboxylic acids is 3. The number of aromatic nitrogens is 2. The molecule has 12 heteroatoms. The monoisotopic (exact) mass is 509 g/mol. The molecule has 0 bridgehead atoms. The minimum Gasteiger partial charge on any atom is -0.480 e. The zero-order chi connectivity index (χ0) is 27.3. The number of imidazole rings is 1. The zero-order valence-electron chi connectivity index (χ0n) is 21.8. The van der Waals surface area contributed by atoms with Crippen LogP contribution in [0.5, 0.6) is 0 Å². The molecule has 0 aliphatic heterocycles. The Balaban J connectivity index is 3.03. The lowest BCUT2D eigenvalue weighted by Crippen LogP contribution is -2.58. The molecule has 12 nitrogen and oxygen atoms in total. The Morgan fingerprint density at radius 3 is 2.03 bits per heavy atom. The lowest BCUT2D eigenvalue weighted by molar-refractivity contribution is -0.142. The van der Waals surface area contributed by atoms with Crippen molar-refractivity contribution in [2.75, 3.05) is 6.54 Å². The van der Waals surface area contributed by atoms with Crippen molar-refractivity contribution in [2.45, 2.75) is 90.4 Å². The molecule has 9 N–H and O–H groups in total. The highest BCUT2D eigenvalue weighted by Gasteiger charge is 2.31. The van der Waals surface area contributed by atoms with Crippen molar-refractivity contribution < 1.29 is 24.3 Å². The number of hydrogen-bond donors (Lipinski definition) is 7. The first kappa shape index (κ1) is 31.0. The molecule has 204 valence electrons. The quantitative estimate of drug-likeness (QED) is 0.142. The predicted octanol–water partition coefficient (Wildman–Crippen LogP) is 0.0397. The van der Waals surface area contributed by atoms with E-state index in [2.05, 4.69) is 25.9 Å². The van der Waals surface area contributed by atoms with Crippen LogP contribution in [0.4, 0.5) is 0 Å². The highest BCUT2D eigenvalue weighted by molar-refractivity contribution is 5.94. The van der Waals surface area contributed by atoms with E-state index >= 15 is 0 Å². The van der Waals surface area contributed by atoms with E-state index in [9.17, 15) is 24.3 Å². The molecule has 0 radical (unpaired) electrons. The number of carbonyl (C=O) groups is 4. The number of aliphatic carboxylic acids is 1. The van der Waals surface area contributed by atoms with Gasteiger partial charge < -0.3 is 37.5 Å². The first-order chi connectivity index (χ1) is 16.9. The van der Waals surface area contributed by atoms with Crippen LogP contribution in [0.15, 0.2) is 12.5 Å². The second-order valence-electron chi connectivity index (χ2n) is 9.95. The molecular formula is C24H43N7O5. The van der Waals surface area contributed by atoms with Crippen LogP contribution in [0.3, 0.4) is 0 Å². The Hall–Kier alpha value is -2.99. The van der Waals surface area contributed by atoms with Gasteiger partial charge in [-0.15, -0.1) is 0 Å². The lowest BCUT2D eigenvalue weighted by Gasteiger charge is -2.26. The van der Waals surface area contributed by atoms with Crippen molar-refractivity contribution >= 4 is 23.7 Å². The molecule has 0 fully saturated rings. The van der Waals surface area contributed by atoms with Crippen molar-refractivity contribution in [1.29, 1.82) is 0 Å². The van der Waals surface area contributed by atoms with Gasteiger partial charge in [-0.3, -0.25) is 14.4 Å². The number of aromatic amines is 1. The van der Waals surface area contributed by atoms with Gasteiger partial charge in [-0.1, -0.05) is 27.7 Å². The molecule has 0 saturated heterocycles. The van der Waals surface area contributed by atoms with Gasteiger partial charge in [0.15, 0.2) is 0 Å². The van der Waals surface area contributed by atoms with E-state index < -0.39 is 47.9 Å². The van der Waals surface area contributed by atoms with Crippen LogP contribution in [0, 0.1) is 11.8 Å². The van der Waals surface area contributed by atoms with Gasteiger partial charge in [-0.2, -0.15) is 0 Å². The second-order valence-corrected chi connectivity index (χ2v) is 9.95. The topological polar surface area (TPSA) is 205 Å². The highest BCUT2D eigenvalue weighted by atomic mass is 16.4. The molecule has 4 atom stereocenters. The summed E-state index contributed by atoms with van der Waals surface area (Å²) in [6.07, 6.45) is 5.19. The minimum atomic E-state index is -1.17. The SMILES string of the molecule is CC(C)CC(N)C(=O)NC(CC(C)C)C(=O)NC(Cc1cnc[nH]1)C(=O)NC(CCCCN)C(=O)O. The van der Waals surface area contributed by atoms with Gasteiger partial charge >= 0.3 is 5.97 Å². The van der Waals surface area contributed by atoms with Crippen LogP contribution < -0.4 is 27.4 Å². The van der Waals surface area contributed by atoms with Crippen LogP contribution in [0.2, 0.25) is 0 Å². The number of carboxylic acid groups (broad SMARTS) is 1. The van der Waals surface area contributed by atoms with Gasteiger partial charge in [-0.05, 0) is 50.5 Å². The van der Waals surface area contributed by atoms with Gasteiger partial charge in [-0.25, -0.2) is 9.78 Å². The third kappa shape index (κ3) is 11.6. The molecule has 1 aromatic rings. The smallest absolute Gasteiger partial charge is 0.326 e. The van der Waals surface area contributed by atoms with Crippen LogP contribution in [0.1, 0.15) is 65.5 Å². The third-order valence-corrected chi connectivity index (χ3v) is 5.58. The Kier molecular flexibility index (Phi) is 13.7. The maximum atomic E-state index is 13.2. The Labute approximate surface area is 212 Å². The molecule has 4 unspecified atom stereocenters. The number of hydrogen-bond acceptors (Lipinski definition) is 7. The molecule has 36 heavy (non-hydrogen) atoms. The Morgan fingerprint density at radius 1 is 0.917 bits per heavy atom. The van der Waals surface area contributed by atoms with Crippen LogP contribution in [-0.2, 0) is 25.6 Å². The third-order valence-electron chi connectivity index (χ3n) is 5.58. The number of H-pyrrole nitrogens is 1. The van der Waals surface area contributed by atoms with E-state index in [1.165, 1.54) is 12.5 Å².